The Balaban J connectivity index is 3.57. The Morgan fingerprint density at radius 3 is 2.06 bits per heavy atom. The van der Waals surface area contributed by atoms with E-state index in [1.807, 2.05) is 0 Å². The second-order valence-corrected chi connectivity index (χ2v) is 3.45. The van der Waals surface area contributed by atoms with Crippen molar-refractivity contribution in [1.29, 1.82) is 0 Å². The van der Waals surface area contributed by atoms with Gasteiger partial charge in [-0.25, -0.2) is 0 Å². The summed E-state index contributed by atoms with van der Waals surface area (Å²) < 4.78 is 15.4. The van der Waals surface area contributed by atoms with E-state index in [4.69, 9.17) is 25.8 Å². The maximum absolute atomic E-state index is 11.3. The fourth-order valence-corrected chi connectivity index (χ4v) is 1.76. The Morgan fingerprint density at radius 1 is 1.12 bits per heavy atom. The normalized spacial score (nSPS) is 9.81. The molecule has 0 fully saturated rings. The van der Waals surface area contributed by atoms with Crippen LogP contribution in [0.15, 0.2) is 6.07 Å². The zero-order valence-corrected chi connectivity index (χ0v) is 10.3. The number of hydrogen-bond acceptors (Lipinski definition) is 4. The van der Waals surface area contributed by atoms with Gasteiger partial charge in [-0.1, -0.05) is 0 Å². The van der Waals surface area contributed by atoms with E-state index < -0.39 is 5.24 Å². The van der Waals surface area contributed by atoms with Crippen LogP contribution in [-0.2, 0) is 0 Å². The van der Waals surface area contributed by atoms with E-state index in [0.717, 1.165) is 0 Å². The van der Waals surface area contributed by atoms with Crippen LogP contribution in [0.4, 0.5) is 0 Å². The predicted molar refractivity (Wildman–Crippen MR) is 61.0 cm³/mol. The standard InChI is InChI=1S/C11H13ClO4/c1-6-5-7(14-2)9(15-3)10(16-4)8(6)11(12)13/h5H,1-4H3. The van der Waals surface area contributed by atoms with E-state index in [1.165, 1.54) is 21.3 Å². The smallest absolute Gasteiger partial charge is 0.256 e. The van der Waals surface area contributed by atoms with Gasteiger partial charge in [-0.15, -0.1) is 0 Å². The van der Waals surface area contributed by atoms with Crippen molar-refractivity contribution in [3.8, 4) is 17.2 Å². The highest BCUT2D eigenvalue weighted by atomic mass is 35.5. The van der Waals surface area contributed by atoms with Crippen molar-refractivity contribution in [1.82, 2.24) is 0 Å². The molecule has 5 heteroatoms. The van der Waals surface area contributed by atoms with Crippen molar-refractivity contribution < 1.29 is 19.0 Å². The average Bonchev–Trinajstić information content (AvgIpc) is 2.26. The Hall–Kier alpha value is -1.42. The Labute approximate surface area is 99.1 Å². The lowest BCUT2D eigenvalue weighted by Gasteiger charge is -2.15. The van der Waals surface area contributed by atoms with Gasteiger partial charge < -0.3 is 14.2 Å². The molecule has 0 aliphatic rings. The molecule has 0 bridgehead atoms. The molecule has 0 atom stereocenters. The lowest BCUT2D eigenvalue weighted by Crippen LogP contribution is -2.03. The summed E-state index contributed by atoms with van der Waals surface area (Å²) in [6.45, 7) is 1.75. The fourth-order valence-electron chi connectivity index (χ4n) is 1.52. The molecular formula is C11H13ClO4. The van der Waals surface area contributed by atoms with E-state index in [9.17, 15) is 4.79 Å². The molecule has 1 aromatic rings. The van der Waals surface area contributed by atoms with Gasteiger partial charge in [-0.3, -0.25) is 4.79 Å². The minimum atomic E-state index is -0.588. The summed E-state index contributed by atoms with van der Waals surface area (Å²) in [4.78, 5) is 11.3. The van der Waals surface area contributed by atoms with Crippen LogP contribution in [0, 0.1) is 6.92 Å². The van der Waals surface area contributed by atoms with Gasteiger partial charge >= 0.3 is 0 Å². The number of benzene rings is 1. The minimum Gasteiger partial charge on any atom is -0.493 e. The van der Waals surface area contributed by atoms with E-state index in [2.05, 4.69) is 0 Å². The van der Waals surface area contributed by atoms with Crippen LogP contribution in [0.25, 0.3) is 0 Å². The first kappa shape index (κ1) is 12.6. The number of carbonyl (C=O) groups is 1. The van der Waals surface area contributed by atoms with Gasteiger partial charge in [0.2, 0.25) is 5.75 Å². The van der Waals surface area contributed by atoms with Crippen molar-refractivity contribution in [2.45, 2.75) is 6.92 Å². The number of halogens is 1. The number of aryl methyl sites for hydroxylation is 1. The number of methoxy groups -OCH3 is 3. The van der Waals surface area contributed by atoms with Crippen LogP contribution in [-0.4, -0.2) is 26.6 Å². The quantitative estimate of drug-likeness (QED) is 0.763. The molecule has 0 radical (unpaired) electrons. The summed E-state index contributed by atoms with van der Waals surface area (Å²) in [7, 11) is 4.43. The maximum Gasteiger partial charge on any atom is 0.256 e. The molecule has 0 saturated carbocycles. The molecule has 0 N–H and O–H groups in total. The highest BCUT2D eigenvalue weighted by molar-refractivity contribution is 6.68. The Morgan fingerprint density at radius 2 is 1.69 bits per heavy atom. The first-order valence-electron chi connectivity index (χ1n) is 4.56. The minimum absolute atomic E-state index is 0.291. The molecule has 0 aromatic heterocycles. The summed E-state index contributed by atoms with van der Waals surface area (Å²) in [6, 6.07) is 1.68. The Bertz CT molecular complexity index is 415. The molecule has 0 spiro atoms. The molecule has 16 heavy (non-hydrogen) atoms. The van der Waals surface area contributed by atoms with Crippen LogP contribution < -0.4 is 14.2 Å². The summed E-state index contributed by atoms with van der Waals surface area (Å²) >= 11 is 5.50. The van der Waals surface area contributed by atoms with Gasteiger partial charge in [0, 0.05) is 0 Å². The molecule has 0 saturated heterocycles. The Kier molecular flexibility index (Phi) is 4.01. The fraction of sp³-hybridized carbons (Fsp3) is 0.364. The maximum atomic E-state index is 11.3. The van der Waals surface area contributed by atoms with Gasteiger partial charge in [0.1, 0.15) is 0 Å². The van der Waals surface area contributed by atoms with E-state index in [-0.39, 0.29) is 0 Å². The van der Waals surface area contributed by atoms with E-state index >= 15 is 0 Å². The zero-order chi connectivity index (χ0) is 12.3. The molecule has 0 aliphatic carbocycles. The lowest BCUT2D eigenvalue weighted by molar-refractivity contribution is 0.107. The highest BCUT2D eigenvalue weighted by Crippen LogP contribution is 2.42. The summed E-state index contributed by atoms with van der Waals surface area (Å²) in [5, 5.41) is -0.588. The SMILES string of the molecule is COc1cc(C)c(C(=O)Cl)c(OC)c1OC. The molecule has 0 heterocycles. The van der Waals surface area contributed by atoms with Crippen LogP contribution in [0.5, 0.6) is 17.2 Å². The summed E-state index contributed by atoms with van der Waals surface area (Å²) in [6.07, 6.45) is 0. The zero-order valence-electron chi connectivity index (χ0n) is 9.59. The van der Waals surface area contributed by atoms with E-state index in [1.54, 1.807) is 13.0 Å². The largest absolute Gasteiger partial charge is 0.493 e. The van der Waals surface area contributed by atoms with Crippen molar-refractivity contribution >= 4 is 16.8 Å². The van der Waals surface area contributed by atoms with Gasteiger partial charge in [-0.2, -0.15) is 0 Å². The second-order valence-electron chi connectivity index (χ2n) is 3.11. The van der Waals surface area contributed by atoms with Crippen LogP contribution in [0.1, 0.15) is 15.9 Å². The lowest BCUT2D eigenvalue weighted by atomic mass is 10.1. The monoisotopic (exact) mass is 244 g/mol. The summed E-state index contributed by atoms with van der Waals surface area (Å²) in [5.41, 5.74) is 0.969. The predicted octanol–water partition coefficient (Wildman–Crippen LogP) is 2.40. The van der Waals surface area contributed by atoms with Gasteiger partial charge in [-0.05, 0) is 30.2 Å². The molecular weight excluding hydrogens is 232 g/mol. The number of rotatable bonds is 4. The van der Waals surface area contributed by atoms with Gasteiger partial charge in [0.15, 0.2) is 11.5 Å². The number of hydrogen-bond donors (Lipinski definition) is 0. The van der Waals surface area contributed by atoms with Crippen LogP contribution in [0.2, 0.25) is 0 Å². The third-order valence-electron chi connectivity index (χ3n) is 2.22. The molecule has 88 valence electrons. The van der Waals surface area contributed by atoms with Crippen molar-refractivity contribution in [3.63, 3.8) is 0 Å². The number of ether oxygens (including phenoxy) is 3. The second kappa shape index (κ2) is 5.07. The average molecular weight is 245 g/mol. The number of carbonyl (C=O) groups excluding carboxylic acids is 1. The molecule has 0 unspecified atom stereocenters. The molecule has 0 aliphatic heterocycles. The third-order valence-corrected chi connectivity index (χ3v) is 2.41. The topological polar surface area (TPSA) is 44.8 Å². The molecule has 1 aromatic carbocycles. The molecule has 1 rings (SSSR count). The third kappa shape index (κ3) is 2.07. The molecule has 0 amide bonds. The van der Waals surface area contributed by atoms with Crippen molar-refractivity contribution in [3.05, 3.63) is 17.2 Å². The van der Waals surface area contributed by atoms with E-state index in [0.29, 0.717) is 28.4 Å². The van der Waals surface area contributed by atoms with Crippen LogP contribution >= 0.6 is 11.6 Å². The van der Waals surface area contributed by atoms with Gasteiger partial charge in [0.05, 0.1) is 26.9 Å². The first-order valence-corrected chi connectivity index (χ1v) is 4.94. The summed E-state index contributed by atoms with van der Waals surface area (Å²) in [5.74, 6) is 1.15. The van der Waals surface area contributed by atoms with Crippen molar-refractivity contribution in [2.24, 2.45) is 0 Å². The highest BCUT2D eigenvalue weighted by Gasteiger charge is 2.22. The van der Waals surface area contributed by atoms with Crippen molar-refractivity contribution in [2.75, 3.05) is 21.3 Å². The van der Waals surface area contributed by atoms with Gasteiger partial charge in [0.25, 0.3) is 5.24 Å². The molecule has 4 nitrogen and oxygen atoms in total. The van der Waals surface area contributed by atoms with Crippen LogP contribution in [0.3, 0.4) is 0 Å². The first-order chi connectivity index (χ1) is 7.56.